The fourth-order valence-electron chi connectivity index (χ4n) is 10.5. The first-order valence-electron chi connectivity index (χ1n) is 23.3. The van der Waals surface area contributed by atoms with Crippen molar-refractivity contribution in [2.75, 3.05) is 0 Å². The smallest absolute Gasteiger partial charge is 0.166 e. The van der Waals surface area contributed by atoms with Crippen LogP contribution < -0.4 is 0 Å². The fourth-order valence-corrected chi connectivity index (χ4v) is 10.5. The van der Waals surface area contributed by atoms with Crippen LogP contribution in [0.1, 0.15) is 0 Å². The first-order valence-corrected chi connectivity index (χ1v) is 23.3. The van der Waals surface area contributed by atoms with E-state index >= 15 is 0 Å². The summed E-state index contributed by atoms with van der Waals surface area (Å²) in [6.07, 6.45) is 0. The van der Waals surface area contributed by atoms with Crippen LogP contribution in [-0.2, 0) is 0 Å². The SMILES string of the molecule is c1ccc(-c2cccc(-c3nc(-c4ccc5oc6ccccc6c5c4)nc(-c4ccccc4-n4c5ccccc5c5c(-c6cccc7c6c6ccccc6n7-c6ccccc6)cccc54)n3)c2)cc1. The first-order chi connectivity index (χ1) is 34.2. The molecule has 0 saturated heterocycles. The van der Waals surface area contributed by atoms with Crippen molar-refractivity contribution in [3.63, 3.8) is 0 Å². The van der Waals surface area contributed by atoms with Crippen molar-refractivity contribution in [1.82, 2.24) is 24.1 Å². The van der Waals surface area contributed by atoms with E-state index in [1.165, 1.54) is 38.3 Å². The molecule has 0 fully saturated rings. The van der Waals surface area contributed by atoms with Crippen LogP contribution in [-0.4, -0.2) is 24.1 Å². The topological polar surface area (TPSA) is 61.7 Å². The molecule has 0 atom stereocenters. The molecule has 69 heavy (non-hydrogen) atoms. The lowest BCUT2D eigenvalue weighted by Crippen LogP contribution is -2.03. The van der Waals surface area contributed by atoms with Crippen LogP contribution in [0.15, 0.2) is 241 Å². The van der Waals surface area contributed by atoms with Crippen LogP contribution in [0.3, 0.4) is 0 Å². The Kier molecular flexibility index (Phi) is 8.79. The zero-order chi connectivity index (χ0) is 45.4. The molecule has 14 aromatic rings. The Morgan fingerprint density at radius 2 is 0.783 bits per heavy atom. The van der Waals surface area contributed by atoms with E-state index in [2.05, 4.69) is 209 Å². The molecule has 0 aliphatic carbocycles. The average molecular weight is 882 g/mol. The molecule has 0 bridgehead atoms. The summed E-state index contributed by atoms with van der Waals surface area (Å²) in [7, 11) is 0. The summed E-state index contributed by atoms with van der Waals surface area (Å²) in [5, 5.41) is 6.85. The molecule has 4 aromatic heterocycles. The van der Waals surface area contributed by atoms with Gasteiger partial charge >= 0.3 is 0 Å². The highest BCUT2D eigenvalue weighted by Crippen LogP contribution is 2.45. The number of furan rings is 1. The summed E-state index contributed by atoms with van der Waals surface area (Å²) in [4.78, 5) is 16.0. The number of fused-ring (bicyclic) bond motifs is 9. The number of nitrogens with zero attached hydrogens (tertiary/aromatic N) is 5. The standard InChI is InChI=1S/C63H39N5O/c1-3-18-40(19-4-1)41-20-15-21-42(38-41)61-64-62(43-36-37-58-51(39-43)45-24-10-14-35-57(45)69-58)66-63(65-61)50-27-9-13-32-54(50)68-53-31-12-8-26-49(53)60-47(29-17-34-56(60)68)46-28-16-33-55-59(46)48-25-7-11-30-52(48)67(55)44-22-5-2-6-23-44/h1-39H. The van der Waals surface area contributed by atoms with Crippen molar-refractivity contribution in [1.29, 1.82) is 0 Å². The zero-order valence-electron chi connectivity index (χ0n) is 37.2. The summed E-state index contributed by atoms with van der Waals surface area (Å²) < 4.78 is 11.0. The molecule has 0 saturated carbocycles. The summed E-state index contributed by atoms with van der Waals surface area (Å²) in [6.45, 7) is 0. The third-order valence-corrected chi connectivity index (χ3v) is 13.6. The molecular formula is C63H39N5O. The van der Waals surface area contributed by atoms with Gasteiger partial charge in [0.2, 0.25) is 0 Å². The van der Waals surface area contributed by atoms with Gasteiger partial charge in [0.05, 0.1) is 27.8 Å². The maximum absolute atomic E-state index is 6.25. The van der Waals surface area contributed by atoms with Gasteiger partial charge in [-0.2, -0.15) is 0 Å². The number of rotatable bonds is 7. The van der Waals surface area contributed by atoms with Crippen LogP contribution in [0.4, 0.5) is 0 Å². The quantitative estimate of drug-likeness (QED) is 0.160. The molecule has 6 nitrogen and oxygen atoms in total. The monoisotopic (exact) mass is 881 g/mol. The first kappa shape index (κ1) is 38.8. The fraction of sp³-hybridized carbons (Fsp3) is 0. The Morgan fingerprint density at radius 3 is 1.52 bits per heavy atom. The molecule has 322 valence electrons. The summed E-state index contributed by atoms with van der Waals surface area (Å²) in [5.41, 5.74) is 15.5. The van der Waals surface area contributed by atoms with Crippen LogP contribution in [0.5, 0.6) is 0 Å². The minimum Gasteiger partial charge on any atom is -0.456 e. The maximum Gasteiger partial charge on any atom is 0.166 e. The van der Waals surface area contributed by atoms with Crippen molar-refractivity contribution in [3.8, 4) is 67.8 Å². The lowest BCUT2D eigenvalue weighted by Gasteiger charge is -2.15. The van der Waals surface area contributed by atoms with Crippen molar-refractivity contribution in [2.24, 2.45) is 0 Å². The highest BCUT2D eigenvalue weighted by Gasteiger charge is 2.23. The molecule has 14 rings (SSSR count). The second kappa shape index (κ2) is 15.6. The van der Waals surface area contributed by atoms with E-state index in [4.69, 9.17) is 19.4 Å². The third-order valence-electron chi connectivity index (χ3n) is 13.6. The molecule has 6 heteroatoms. The van der Waals surface area contributed by atoms with Crippen LogP contribution >= 0.6 is 0 Å². The van der Waals surface area contributed by atoms with E-state index in [1.807, 2.05) is 36.4 Å². The number of benzene rings is 10. The van der Waals surface area contributed by atoms with E-state index in [9.17, 15) is 0 Å². The Balaban J connectivity index is 0.998. The lowest BCUT2D eigenvalue weighted by atomic mass is 9.95. The number of hydrogen-bond acceptors (Lipinski definition) is 4. The maximum atomic E-state index is 6.25. The van der Waals surface area contributed by atoms with Gasteiger partial charge in [-0.1, -0.05) is 158 Å². The predicted octanol–water partition coefficient (Wildman–Crippen LogP) is 16.3. The normalized spacial score (nSPS) is 11.8. The summed E-state index contributed by atoms with van der Waals surface area (Å²) in [6, 6.07) is 83.4. The van der Waals surface area contributed by atoms with Gasteiger partial charge in [0.25, 0.3) is 0 Å². The van der Waals surface area contributed by atoms with Gasteiger partial charge in [-0.15, -0.1) is 0 Å². The lowest BCUT2D eigenvalue weighted by molar-refractivity contribution is 0.669. The van der Waals surface area contributed by atoms with E-state index in [0.29, 0.717) is 17.5 Å². The molecule has 10 aromatic carbocycles. The van der Waals surface area contributed by atoms with Gasteiger partial charge in [-0.25, -0.2) is 15.0 Å². The van der Waals surface area contributed by atoms with Crippen molar-refractivity contribution >= 4 is 65.6 Å². The number of para-hydroxylation sites is 5. The van der Waals surface area contributed by atoms with Crippen LogP contribution in [0, 0.1) is 0 Å². The van der Waals surface area contributed by atoms with Crippen molar-refractivity contribution in [3.05, 3.63) is 237 Å². The molecule has 0 spiro atoms. The van der Waals surface area contributed by atoms with Crippen LogP contribution in [0.25, 0.3) is 133 Å². The highest BCUT2D eigenvalue weighted by molar-refractivity contribution is 6.22. The van der Waals surface area contributed by atoms with Gasteiger partial charge < -0.3 is 13.6 Å². The molecule has 0 N–H and O–H groups in total. The van der Waals surface area contributed by atoms with Gasteiger partial charge in [-0.3, -0.25) is 0 Å². The van der Waals surface area contributed by atoms with Crippen molar-refractivity contribution in [2.45, 2.75) is 0 Å². The molecular weight excluding hydrogens is 843 g/mol. The van der Waals surface area contributed by atoms with E-state index in [1.54, 1.807) is 0 Å². The van der Waals surface area contributed by atoms with E-state index < -0.39 is 0 Å². The molecule has 0 aliphatic rings. The van der Waals surface area contributed by atoms with E-state index in [0.717, 1.165) is 77.6 Å². The van der Waals surface area contributed by atoms with Crippen LogP contribution in [0.2, 0.25) is 0 Å². The Hall–Kier alpha value is -9.39. The largest absolute Gasteiger partial charge is 0.456 e. The minimum absolute atomic E-state index is 0.577. The minimum atomic E-state index is 0.577. The second-order valence-electron chi connectivity index (χ2n) is 17.5. The Labute approximate surface area is 396 Å². The molecule has 0 amide bonds. The molecule has 4 heterocycles. The average Bonchev–Trinajstić information content (AvgIpc) is 4.09. The summed E-state index contributed by atoms with van der Waals surface area (Å²) >= 11 is 0. The van der Waals surface area contributed by atoms with Gasteiger partial charge in [0.1, 0.15) is 11.2 Å². The predicted molar refractivity (Wildman–Crippen MR) is 283 cm³/mol. The van der Waals surface area contributed by atoms with Gasteiger partial charge in [0, 0.05) is 54.7 Å². The Bertz CT molecular complexity index is 4320. The van der Waals surface area contributed by atoms with Gasteiger partial charge in [-0.05, 0) is 101 Å². The summed E-state index contributed by atoms with van der Waals surface area (Å²) in [5.74, 6) is 1.75. The van der Waals surface area contributed by atoms with E-state index in [-0.39, 0.29) is 0 Å². The number of hydrogen-bond donors (Lipinski definition) is 0. The Morgan fingerprint density at radius 1 is 0.290 bits per heavy atom. The highest BCUT2D eigenvalue weighted by atomic mass is 16.3. The molecule has 0 unspecified atom stereocenters. The third kappa shape index (κ3) is 6.23. The molecule has 0 radical (unpaired) electrons. The zero-order valence-corrected chi connectivity index (χ0v) is 37.2. The molecule has 0 aliphatic heterocycles. The van der Waals surface area contributed by atoms with Crippen molar-refractivity contribution < 1.29 is 4.42 Å². The number of aromatic nitrogens is 5. The van der Waals surface area contributed by atoms with Gasteiger partial charge in [0.15, 0.2) is 17.5 Å². The second-order valence-corrected chi connectivity index (χ2v) is 17.5.